The van der Waals surface area contributed by atoms with Crippen molar-refractivity contribution in [1.82, 2.24) is 0 Å². The third-order valence-electron chi connectivity index (χ3n) is 2.57. The van der Waals surface area contributed by atoms with Gasteiger partial charge in [0.1, 0.15) is 0 Å². The lowest BCUT2D eigenvalue weighted by molar-refractivity contribution is -0.158. The van der Waals surface area contributed by atoms with Gasteiger partial charge in [0.15, 0.2) is 0 Å². The van der Waals surface area contributed by atoms with Gasteiger partial charge in [-0.1, -0.05) is 12.2 Å². The first-order valence-corrected chi connectivity index (χ1v) is 4.12. The molecule has 0 amide bonds. The SMILES string of the molecule is CC1(C(=O)O)C=CCCC1C(=O)O.Cl. The Labute approximate surface area is 88.0 Å². The Morgan fingerprint density at radius 3 is 2.36 bits per heavy atom. The summed E-state index contributed by atoms with van der Waals surface area (Å²) in [6.07, 6.45) is 4.25. The van der Waals surface area contributed by atoms with Crippen LogP contribution in [0.2, 0.25) is 0 Å². The first-order valence-electron chi connectivity index (χ1n) is 4.12. The molecular formula is C9H13ClO4. The van der Waals surface area contributed by atoms with Gasteiger partial charge in [0.2, 0.25) is 0 Å². The van der Waals surface area contributed by atoms with Crippen LogP contribution in [0.1, 0.15) is 19.8 Å². The molecule has 0 bridgehead atoms. The highest BCUT2D eigenvalue weighted by Gasteiger charge is 2.44. The fourth-order valence-electron chi connectivity index (χ4n) is 1.61. The van der Waals surface area contributed by atoms with Gasteiger partial charge in [-0.15, -0.1) is 12.4 Å². The van der Waals surface area contributed by atoms with Gasteiger partial charge in [0, 0.05) is 0 Å². The molecule has 0 aliphatic heterocycles. The van der Waals surface area contributed by atoms with E-state index in [1.54, 1.807) is 6.08 Å². The summed E-state index contributed by atoms with van der Waals surface area (Å²) in [4.78, 5) is 21.7. The first-order chi connectivity index (χ1) is 5.98. The summed E-state index contributed by atoms with van der Waals surface area (Å²) in [6.45, 7) is 1.45. The lowest BCUT2D eigenvalue weighted by Gasteiger charge is -2.30. The number of aliphatic carboxylic acids is 2. The molecule has 0 aromatic rings. The van der Waals surface area contributed by atoms with Gasteiger partial charge < -0.3 is 10.2 Å². The van der Waals surface area contributed by atoms with Crippen molar-refractivity contribution in [1.29, 1.82) is 0 Å². The van der Waals surface area contributed by atoms with Crippen molar-refractivity contribution in [2.45, 2.75) is 19.8 Å². The molecule has 0 saturated heterocycles. The van der Waals surface area contributed by atoms with Crippen LogP contribution in [-0.4, -0.2) is 22.2 Å². The summed E-state index contributed by atoms with van der Waals surface area (Å²) in [7, 11) is 0. The van der Waals surface area contributed by atoms with Crippen molar-refractivity contribution in [3.05, 3.63) is 12.2 Å². The molecule has 2 atom stereocenters. The standard InChI is InChI=1S/C9H12O4.ClH/c1-9(8(12)13)5-3-2-4-6(9)7(10)11;/h3,5-6H,2,4H2,1H3,(H,10,11)(H,12,13);1H. The minimum atomic E-state index is -1.25. The van der Waals surface area contributed by atoms with E-state index in [1.165, 1.54) is 13.0 Å². The van der Waals surface area contributed by atoms with Crippen molar-refractivity contribution in [3.8, 4) is 0 Å². The summed E-state index contributed by atoms with van der Waals surface area (Å²) in [6, 6.07) is 0. The summed E-state index contributed by atoms with van der Waals surface area (Å²) < 4.78 is 0. The second-order valence-electron chi connectivity index (χ2n) is 3.46. The second kappa shape index (κ2) is 4.46. The Hall–Kier alpha value is -1.03. The first kappa shape index (κ1) is 13.0. The number of carboxylic acids is 2. The minimum absolute atomic E-state index is 0. The Kier molecular flexibility index (Phi) is 4.13. The van der Waals surface area contributed by atoms with E-state index in [0.29, 0.717) is 12.8 Å². The molecule has 0 saturated carbocycles. The van der Waals surface area contributed by atoms with Crippen molar-refractivity contribution in [2.24, 2.45) is 11.3 Å². The Morgan fingerprint density at radius 2 is 2.00 bits per heavy atom. The third-order valence-corrected chi connectivity index (χ3v) is 2.57. The molecule has 14 heavy (non-hydrogen) atoms. The lowest BCUT2D eigenvalue weighted by Crippen LogP contribution is -2.40. The van der Waals surface area contributed by atoms with Gasteiger partial charge >= 0.3 is 11.9 Å². The predicted octanol–water partition coefficient (Wildman–Crippen LogP) is 1.55. The van der Waals surface area contributed by atoms with Gasteiger partial charge in [-0.3, -0.25) is 9.59 Å². The highest BCUT2D eigenvalue weighted by atomic mass is 35.5. The summed E-state index contributed by atoms with van der Waals surface area (Å²) >= 11 is 0. The van der Waals surface area contributed by atoms with E-state index >= 15 is 0 Å². The second-order valence-corrected chi connectivity index (χ2v) is 3.46. The molecule has 0 radical (unpaired) electrons. The molecule has 2 unspecified atom stereocenters. The maximum absolute atomic E-state index is 10.9. The van der Waals surface area contributed by atoms with Crippen molar-refractivity contribution in [3.63, 3.8) is 0 Å². The van der Waals surface area contributed by atoms with Crippen molar-refractivity contribution in [2.75, 3.05) is 0 Å². The number of carboxylic acid groups (broad SMARTS) is 2. The monoisotopic (exact) mass is 220 g/mol. The quantitative estimate of drug-likeness (QED) is 0.693. The van der Waals surface area contributed by atoms with E-state index in [9.17, 15) is 9.59 Å². The zero-order valence-electron chi connectivity index (χ0n) is 7.77. The Bertz CT molecular complexity index is 274. The van der Waals surface area contributed by atoms with Crippen LogP contribution in [0.3, 0.4) is 0 Å². The Balaban J connectivity index is 0.00000169. The van der Waals surface area contributed by atoms with Crippen LogP contribution in [0, 0.1) is 11.3 Å². The highest BCUT2D eigenvalue weighted by molar-refractivity contribution is 5.85. The van der Waals surface area contributed by atoms with E-state index in [-0.39, 0.29) is 12.4 Å². The molecule has 2 N–H and O–H groups in total. The van der Waals surface area contributed by atoms with Crippen LogP contribution < -0.4 is 0 Å². The maximum Gasteiger partial charge on any atom is 0.314 e. The van der Waals surface area contributed by atoms with E-state index in [2.05, 4.69) is 0 Å². The van der Waals surface area contributed by atoms with E-state index in [1.807, 2.05) is 0 Å². The molecule has 0 spiro atoms. The number of halogens is 1. The Morgan fingerprint density at radius 1 is 1.43 bits per heavy atom. The van der Waals surface area contributed by atoms with E-state index < -0.39 is 23.3 Å². The molecule has 0 heterocycles. The third kappa shape index (κ3) is 2.07. The van der Waals surface area contributed by atoms with Gasteiger partial charge in [-0.2, -0.15) is 0 Å². The van der Waals surface area contributed by atoms with Crippen LogP contribution in [0.15, 0.2) is 12.2 Å². The molecule has 0 aromatic carbocycles. The van der Waals surface area contributed by atoms with Crippen LogP contribution >= 0.6 is 12.4 Å². The van der Waals surface area contributed by atoms with Crippen LogP contribution in [-0.2, 0) is 9.59 Å². The zero-order valence-corrected chi connectivity index (χ0v) is 8.58. The number of hydrogen-bond donors (Lipinski definition) is 2. The fraction of sp³-hybridized carbons (Fsp3) is 0.556. The van der Waals surface area contributed by atoms with Crippen LogP contribution in [0.4, 0.5) is 0 Å². The van der Waals surface area contributed by atoms with Crippen molar-refractivity contribution < 1.29 is 19.8 Å². The molecule has 5 heteroatoms. The van der Waals surface area contributed by atoms with Gasteiger partial charge in [-0.05, 0) is 19.8 Å². The molecule has 0 aromatic heterocycles. The smallest absolute Gasteiger partial charge is 0.314 e. The topological polar surface area (TPSA) is 74.6 Å². The van der Waals surface area contributed by atoms with Crippen molar-refractivity contribution >= 4 is 24.3 Å². The number of carbonyl (C=O) groups is 2. The average Bonchev–Trinajstić information content (AvgIpc) is 2.04. The molecule has 80 valence electrons. The average molecular weight is 221 g/mol. The van der Waals surface area contributed by atoms with Gasteiger partial charge in [-0.25, -0.2) is 0 Å². The summed E-state index contributed by atoms with van der Waals surface area (Å²) in [5.74, 6) is -2.92. The molecule has 1 aliphatic carbocycles. The minimum Gasteiger partial charge on any atom is -0.481 e. The van der Waals surface area contributed by atoms with Gasteiger partial charge in [0.25, 0.3) is 0 Å². The lowest BCUT2D eigenvalue weighted by atomic mass is 9.71. The molecule has 0 fully saturated rings. The normalized spacial score (nSPS) is 30.5. The number of rotatable bonds is 2. The van der Waals surface area contributed by atoms with Crippen LogP contribution in [0.25, 0.3) is 0 Å². The highest BCUT2D eigenvalue weighted by Crippen LogP contribution is 2.36. The molecule has 1 aliphatic rings. The number of hydrogen-bond acceptors (Lipinski definition) is 2. The number of allylic oxidation sites excluding steroid dienone is 1. The largest absolute Gasteiger partial charge is 0.481 e. The summed E-state index contributed by atoms with van der Waals surface area (Å²) in [5.41, 5.74) is -1.25. The van der Waals surface area contributed by atoms with E-state index in [4.69, 9.17) is 10.2 Å². The maximum atomic E-state index is 10.9. The molecule has 4 nitrogen and oxygen atoms in total. The molecule has 1 rings (SSSR count). The van der Waals surface area contributed by atoms with Gasteiger partial charge in [0.05, 0.1) is 11.3 Å². The zero-order chi connectivity index (χ0) is 10.1. The van der Waals surface area contributed by atoms with Crippen LogP contribution in [0.5, 0.6) is 0 Å². The fourth-order valence-corrected chi connectivity index (χ4v) is 1.61. The van der Waals surface area contributed by atoms with E-state index in [0.717, 1.165) is 0 Å². The predicted molar refractivity (Wildman–Crippen MR) is 52.5 cm³/mol. The summed E-state index contributed by atoms with van der Waals surface area (Å²) in [5, 5.41) is 17.7. The molecular weight excluding hydrogens is 208 g/mol.